The molecule has 0 unspecified atom stereocenters. The number of rotatable bonds is 9. The van der Waals surface area contributed by atoms with E-state index in [1.807, 2.05) is 11.0 Å². The number of carbonyl (C=O) groups excluding carboxylic acids is 1. The molecule has 1 heterocycles. The van der Waals surface area contributed by atoms with Crippen molar-refractivity contribution in [3.63, 3.8) is 0 Å². The molecule has 1 atom stereocenters. The molecule has 2 fully saturated rings. The van der Waals surface area contributed by atoms with Crippen LogP contribution >= 0.6 is 12.4 Å². The second-order valence-corrected chi connectivity index (χ2v) is 6.79. The summed E-state index contributed by atoms with van der Waals surface area (Å²) < 4.78 is 16.3. The number of nitrogens with one attached hydrogen (secondary N) is 1. The fourth-order valence-electron chi connectivity index (χ4n) is 3.09. The molecule has 8 heteroatoms. The Morgan fingerprint density at radius 3 is 2.81 bits per heavy atom. The Morgan fingerprint density at radius 2 is 2.15 bits per heavy atom. The first-order valence-corrected chi connectivity index (χ1v) is 9.25. The van der Waals surface area contributed by atoms with Gasteiger partial charge < -0.3 is 29.5 Å². The minimum atomic E-state index is -0.425. The van der Waals surface area contributed by atoms with Crippen LogP contribution in [0.5, 0.6) is 11.5 Å². The number of nitrogens with zero attached hydrogens (tertiary/aromatic N) is 1. The number of morpholine rings is 1. The van der Waals surface area contributed by atoms with E-state index in [2.05, 4.69) is 5.32 Å². The van der Waals surface area contributed by atoms with E-state index in [1.165, 1.54) is 0 Å². The van der Waals surface area contributed by atoms with Gasteiger partial charge in [-0.3, -0.25) is 4.79 Å². The molecule has 3 rings (SSSR count). The van der Waals surface area contributed by atoms with Crippen LogP contribution in [0.3, 0.4) is 0 Å². The molecule has 2 aliphatic rings. The van der Waals surface area contributed by atoms with Crippen LogP contribution in [0.2, 0.25) is 0 Å². The molecule has 1 aliphatic heterocycles. The number of aromatic hydroxyl groups is 1. The number of halogens is 1. The molecule has 1 aromatic rings. The first-order chi connectivity index (χ1) is 12.7. The predicted molar refractivity (Wildman–Crippen MR) is 104 cm³/mol. The summed E-state index contributed by atoms with van der Waals surface area (Å²) in [5, 5.41) is 13.2. The third-order valence-corrected chi connectivity index (χ3v) is 4.54. The minimum Gasteiger partial charge on any atom is -0.508 e. The van der Waals surface area contributed by atoms with Gasteiger partial charge in [-0.1, -0.05) is 0 Å². The first kappa shape index (κ1) is 21.8. The zero-order chi connectivity index (χ0) is 18.4. The summed E-state index contributed by atoms with van der Waals surface area (Å²) in [6.07, 6.45) is 2.39. The molecule has 7 nitrogen and oxygen atoms in total. The van der Waals surface area contributed by atoms with Crippen molar-refractivity contribution in [2.24, 2.45) is 0 Å². The van der Waals surface area contributed by atoms with E-state index in [0.717, 1.165) is 31.4 Å². The van der Waals surface area contributed by atoms with Crippen LogP contribution in [0.15, 0.2) is 18.2 Å². The molecule has 1 saturated carbocycles. The van der Waals surface area contributed by atoms with E-state index >= 15 is 0 Å². The summed E-state index contributed by atoms with van der Waals surface area (Å²) >= 11 is 0. The summed E-state index contributed by atoms with van der Waals surface area (Å²) in [7, 11) is 1.65. The number of benzene rings is 1. The van der Waals surface area contributed by atoms with Gasteiger partial charge in [0.25, 0.3) is 5.91 Å². The minimum absolute atomic E-state index is 0. The first-order valence-electron chi connectivity index (χ1n) is 9.25. The average molecular weight is 401 g/mol. The van der Waals surface area contributed by atoms with Gasteiger partial charge in [0.2, 0.25) is 0 Å². The van der Waals surface area contributed by atoms with Gasteiger partial charge in [-0.15, -0.1) is 12.4 Å². The van der Waals surface area contributed by atoms with Crippen molar-refractivity contribution in [3.05, 3.63) is 23.8 Å². The van der Waals surface area contributed by atoms with E-state index in [1.54, 1.807) is 19.2 Å². The summed E-state index contributed by atoms with van der Waals surface area (Å²) in [6.45, 7) is 3.49. The van der Waals surface area contributed by atoms with Crippen molar-refractivity contribution in [1.82, 2.24) is 10.2 Å². The normalized spacial score (nSPS) is 19.2. The largest absolute Gasteiger partial charge is 0.508 e. The SMILES string of the molecule is COCCCOc1cc(O)cc(CN(C(=O)[C@H]2CNCCO2)C2CC2)c1.Cl. The fraction of sp³-hybridized carbons (Fsp3) is 0.632. The number of phenols is 1. The molecular formula is C19H29ClN2O5. The molecule has 0 bridgehead atoms. The van der Waals surface area contributed by atoms with Gasteiger partial charge in [0.1, 0.15) is 17.6 Å². The maximum Gasteiger partial charge on any atom is 0.253 e. The molecule has 1 saturated heterocycles. The van der Waals surface area contributed by atoms with E-state index in [0.29, 0.717) is 38.7 Å². The van der Waals surface area contributed by atoms with Gasteiger partial charge in [0.05, 0.1) is 13.2 Å². The molecule has 0 aromatic heterocycles. The Labute approximate surface area is 166 Å². The van der Waals surface area contributed by atoms with Gasteiger partial charge >= 0.3 is 0 Å². The van der Waals surface area contributed by atoms with Gasteiger partial charge in [-0.2, -0.15) is 0 Å². The molecule has 0 radical (unpaired) electrons. The highest BCUT2D eigenvalue weighted by Crippen LogP contribution is 2.31. The van der Waals surface area contributed by atoms with Crippen molar-refractivity contribution in [3.8, 4) is 11.5 Å². The summed E-state index contributed by atoms with van der Waals surface area (Å²) in [4.78, 5) is 14.7. The summed E-state index contributed by atoms with van der Waals surface area (Å²) in [5.74, 6) is 0.767. The van der Waals surface area contributed by atoms with E-state index in [4.69, 9.17) is 14.2 Å². The van der Waals surface area contributed by atoms with E-state index in [9.17, 15) is 9.90 Å². The second kappa shape index (κ2) is 10.7. The number of phenolic OH excluding ortho intramolecular Hbond substituents is 1. The van der Waals surface area contributed by atoms with Crippen LogP contribution in [-0.4, -0.2) is 68.1 Å². The standard InChI is InChI=1S/C19H28N2O5.ClH/c1-24-6-2-7-25-17-10-14(9-16(22)11-17)13-21(15-3-4-15)19(23)18-12-20-5-8-26-18;/h9-11,15,18,20,22H,2-8,12-13H2,1H3;1H/t18-;/m1./s1. The molecule has 27 heavy (non-hydrogen) atoms. The van der Waals surface area contributed by atoms with E-state index < -0.39 is 6.10 Å². The Hall–Kier alpha value is -1.54. The predicted octanol–water partition coefficient (Wildman–Crippen LogP) is 1.71. The summed E-state index contributed by atoms with van der Waals surface area (Å²) in [6, 6.07) is 5.43. The van der Waals surface area contributed by atoms with Gasteiger partial charge in [-0.25, -0.2) is 0 Å². The van der Waals surface area contributed by atoms with Crippen LogP contribution in [0.4, 0.5) is 0 Å². The molecule has 1 amide bonds. The number of amides is 1. The topological polar surface area (TPSA) is 80.3 Å². The third kappa shape index (κ3) is 6.53. The zero-order valence-electron chi connectivity index (χ0n) is 15.7. The fourth-order valence-corrected chi connectivity index (χ4v) is 3.09. The monoisotopic (exact) mass is 400 g/mol. The molecule has 2 N–H and O–H groups in total. The number of ether oxygens (including phenoxy) is 3. The second-order valence-electron chi connectivity index (χ2n) is 6.79. The van der Waals surface area contributed by atoms with Crippen LogP contribution in [0, 0.1) is 0 Å². The highest BCUT2D eigenvalue weighted by molar-refractivity contribution is 5.85. The number of methoxy groups -OCH3 is 1. The van der Waals surface area contributed by atoms with E-state index in [-0.39, 0.29) is 30.1 Å². The smallest absolute Gasteiger partial charge is 0.253 e. The van der Waals surface area contributed by atoms with Crippen molar-refractivity contribution in [2.75, 3.05) is 40.0 Å². The Kier molecular flexibility index (Phi) is 8.63. The quantitative estimate of drug-likeness (QED) is 0.614. The Balaban J connectivity index is 0.00000261. The highest BCUT2D eigenvalue weighted by atomic mass is 35.5. The molecule has 1 aliphatic carbocycles. The lowest BCUT2D eigenvalue weighted by atomic mass is 10.1. The molecule has 0 spiro atoms. The van der Waals surface area contributed by atoms with Crippen molar-refractivity contribution >= 4 is 18.3 Å². The lowest BCUT2D eigenvalue weighted by Gasteiger charge is -2.30. The van der Waals surface area contributed by atoms with Crippen molar-refractivity contribution in [1.29, 1.82) is 0 Å². The maximum atomic E-state index is 12.9. The molecular weight excluding hydrogens is 372 g/mol. The lowest BCUT2D eigenvalue weighted by molar-refractivity contribution is -0.146. The van der Waals surface area contributed by atoms with Gasteiger partial charge in [-0.05, 0) is 30.5 Å². The third-order valence-electron chi connectivity index (χ3n) is 4.54. The van der Waals surface area contributed by atoms with Crippen LogP contribution < -0.4 is 10.1 Å². The van der Waals surface area contributed by atoms with Gasteiger partial charge in [0, 0.05) is 51.9 Å². The zero-order valence-corrected chi connectivity index (χ0v) is 16.5. The maximum absolute atomic E-state index is 12.9. The van der Waals surface area contributed by atoms with Crippen LogP contribution in [-0.2, 0) is 20.8 Å². The Morgan fingerprint density at radius 1 is 1.33 bits per heavy atom. The number of hydrogen-bond acceptors (Lipinski definition) is 6. The van der Waals surface area contributed by atoms with Gasteiger partial charge in [0.15, 0.2) is 0 Å². The number of hydrogen-bond donors (Lipinski definition) is 2. The molecule has 152 valence electrons. The lowest BCUT2D eigenvalue weighted by Crippen LogP contribution is -2.49. The van der Waals surface area contributed by atoms with Crippen LogP contribution in [0.1, 0.15) is 24.8 Å². The van der Waals surface area contributed by atoms with Crippen LogP contribution in [0.25, 0.3) is 0 Å². The molecule has 1 aromatic carbocycles. The Bertz CT molecular complexity index is 606. The average Bonchev–Trinajstić information content (AvgIpc) is 3.48. The van der Waals surface area contributed by atoms with Crippen molar-refractivity contribution in [2.45, 2.75) is 38.0 Å². The number of carbonyl (C=O) groups is 1. The van der Waals surface area contributed by atoms with Crippen molar-refractivity contribution < 1.29 is 24.1 Å². The highest BCUT2D eigenvalue weighted by Gasteiger charge is 2.36. The summed E-state index contributed by atoms with van der Waals surface area (Å²) in [5.41, 5.74) is 0.857.